The summed E-state index contributed by atoms with van der Waals surface area (Å²) in [5.74, 6) is 0. The van der Waals surface area contributed by atoms with Gasteiger partial charge in [0.25, 0.3) is 0 Å². The van der Waals surface area contributed by atoms with Crippen LogP contribution >= 0.6 is 51.3 Å². The number of aromatic amines is 1. The minimum absolute atomic E-state index is 0.511. The van der Waals surface area contributed by atoms with Crippen molar-refractivity contribution in [2.75, 3.05) is 0 Å². The van der Waals surface area contributed by atoms with Gasteiger partial charge < -0.3 is 4.98 Å². The molecule has 0 radical (unpaired) electrons. The summed E-state index contributed by atoms with van der Waals surface area (Å²) < 4.78 is 3.68. The standard InChI is InChI=1S/C15H11BrCl2N2S/c1-7-3-9(16)4-8(2)14(7)20-13-6-11(18)10(17)5-12(13)19-15(20)21/h3-6H,1-2H3,(H,19,21). The molecule has 1 aromatic heterocycles. The number of rotatable bonds is 1. The summed E-state index contributed by atoms with van der Waals surface area (Å²) in [6.45, 7) is 4.12. The van der Waals surface area contributed by atoms with Crippen LogP contribution in [0.1, 0.15) is 11.1 Å². The Morgan fingerprint density at radius 3 is 2.24 bits per heavy atom. The predicted molar refractivity (Wildman–Crippen MR) is 95.7 cm³/mol. The molecule has 0 aliphatic carbocycles. The van der Waals surface area contributed by atoms with E-state index in [2.05, 4.69) is 46.9 Å². The molecule has 0 aliphatic rings. The number of hydrogen-bond donors (Lipinski definition) is 1. The molecule has 0 fully saturated rings. The van der Waals surface area contributed by atoms with Crippen LogP contribution in [-0.4, -0.2) is 9.55 Å². The van der Waals surface area contributed by atoms with E-state index < -0.39 is 0 Å². The zero-order chi connectivity index (χ0) is 15.3. The number of hydrogen-bond acceptors (Lipinski definition) is 1. The van der Waals surface area contributed by atoms with Gasteiger partial charge in [-0.15, -0.1) is 0 Å². The Bertz CT molecular complexity index is 904. The topological polar surface area (TPSA) is 20.7 Å². The van der Waals surface area contributed by atoms with Crippen LogP contribution in [0.2, 0.25) is 10.0 Å². The summed E-state index contributed by atoms with van der Waals surface area (Å²) in [6.07, 6.45) is 0. The van der Waals surface area contributed by atoms with Gasteiger partial charge in [0, 0.05) is 4.47 Å². The lowest BCUT2D eigenvalue weighted by molar-refractivity contribution is 1.03. The molecule has 2 nitrogen and oxygen atoms in total. The third kappa shape index (κ3) is 2.55. The maximum atomic E-state index is 6.16. The van der Waals surface area contributed by atoms with Gasteiger partial charge in [0.1, 0.15) is 0 Å². The maximum Gasteiger partial charge on any atom is 0.182 e. The van der Waals surface area contributed by atoms with Crippen molar-refractivity contribution in [2.45, 2.75) is 13.8 Å². The smallest absolute Gasteiger partial charge is 0.182 e. The highest BCUT2D eigenvalue weighted by molar-refractivity contribution is 9.10. The van der Waals surface area contributed by atoms with Crippen molar-refractivity contribution in [3.8, 4) is 5.69 Å². The van der Waals surface area contributed by atoms with Gasteiger partial charge >= 0.3 is 0 Å². The van der Waals surface area contributed by atoms with Gasteiger partial charge in [0.05, 0.1) is 26.8 Å². The van der Waals surface area contributed by atoms with Gasteiger partial charge in [-0.05, 0) is 61.5 Å². The van der Waals surface area contributed by atoms with Crippen LogP contribution in [0.15, 0.2) is 28.7 Å². The second kappa shape index (κ2) is 5.43. The number of halogens is 3. The lowest BCUT2D eigenvalue weighted by Gasteiger charge is -2.13. The Kier molecular flexibility index (Phi) is 3.91. The Morgan fingerprint density at radius 2 is 1.62 bits per heavy atom. The van der Waals surface area contributed by atoms with E-state index in [4.69, 9.17) is 35.4 Å². The van der Waals surface area contributed by atoms with Crippen LogP contribution < -0.4 is 0 Å². The van der Waals surface area contributed by atoms with E-state index in [0.29, 0.717) is 14.8 Å². The van der Waals surface area contributed by atoms with Crippen LogP contribution in [0, 0.1) is 18.6 Å². The Balaban J connectivity index is 2.44. The van der Waals surface area contributed by atoms with Crippen molar-refractivity contribution < 1.29 is 0 Å². The zero-order valence-electron chi connectivity index (χ0n) is 11.3. The second-order valence-corrected chi connectivity index (χ2v) is 7.05. The normalized spacial score (nSPS) is 11.3. The summed E-state index contributed by atoms with van der Waals surface area (Å²) in [4.78, 5) is 3.19. The molecule has 3 rings (SSSR count). The fourth-order valence-electron chi connectivity index (χ4n) is 2.58. The van der Waals surface area contributed by atoms with Crippen molar-refractivity contribution in [2.24, 2.45) is 0 Å². The summed E-state index contributed by atoms with van der Waals surface area (Å²) in [5, 5.41) is 1.02. The van der Waals surface area contributed by atoms with E-state index in [1.165, 1.54) is 0 Å². The number of H-pyrrole nitrogens is 1. The van der Waals surface area contributed by atoms with E-state index in [9.17, 15) is 0 Å². The van der Waals surface area contributed by atoms with Crippen molar-refractivity contribution in [1.82, 2.24) is 9.55 Å². The largest absolute Gasteiger partial charge is 0.330 e. The molecule has 21 heavy (non-hydrogen) atoms. The van der Waals surface area contributed by atoms with Crippen LogP contribution in [0.5, 0.6) is 0 Å². The first-order valence-electron chi connectivity index (χ1n) is 6.25. The number of aromatic nitrogens is 2. The van der Waals surface area contributed by atoms with Gasteiger partial charge in [0.2, 0.25) is 0 Å². The van der Waals surface area contributed by atoms with E-state index in [1.54, 1.807) is 6.07 Å². The van der Waals surface area contributed by atoms with Gasteiger partial charge in [0.15, 0.2) is 4.77 Å². The lowest BCUT2D eigenvalue weighted by atomic mass is 10.1. The van der Waals surface area contributed by atoms with Gasteiger partial charge in [-0.25, -0.2) is 0 Å². The summed E-state index contributed by atoms with van der Waals surface area (Å²) in [6, 6.07) is 7.78. The average molecular weight is 402 g/mol. The average Bonchev–Trinajstić information content (AvgIpc) is 2.66. The number of benzene rings is 2. The molecule has 0 aliphatic heterocycles. The summed E-state index contributed by atoms with van der Waals surface area (Å²) in [7, 11) is 0. The van der Waals surface area contributed by atoms with Crippen LogP contribution in [0.3, 0.4) is 0 Å². The minimum atomic E-state index is 0.511. The molecule has 3 aromatic rings. The van der Waals surface area contributed by atoms with Crippen molar-refractivity contribution in [3.05, 3.63) is 54.7 Å². The molecule has 0 bridgehead atoms. The molecular weight excluding hydrogens is 391 g/mol. The predicted octanol–water partition coefficient (Wildman–Crippen LogP) is 6.37. The monoisotopic (exact) mass is 400 g/mol. The molecule has 0 spiro atoms. The number of aryl methyl sites for hydroxylation is 2. The number of fused-ring (bicyclic) bond motifs is 1. The fourth-order valence-corrected chi connectivity index (χ4v) is 3.89. The first-order valence-corrected chi connectivity index (χ1v) is 8.21. The van der Waals surface area contributed by atoms with Gasteiger partial charge in [-0.2, -0.15) is 0 Å². The number of imidazole rings is 1. The first-order chi connectivity index (χ1) is 9.88. The molecule has 108 valence electrons. The molecule has 1 N–H and O–H groups in total. The van der Waals surface area contributed by atoms with Crippen LogP contribution in [0.25, 0.3) is 16.7 Å². The molecule has 0 unspecified atom stereocenters. The SMILES string of the molecule is Cc1cc(Br)cc(C)c1-n1c(=S)[nH]c2cc(Cl)c(Cl)cc21. The highest BCUT2D eigenvalue weighted by Gasteiger charge is 2.13. The Labute approximate surface area is 145 Å². The Hall–Kier alpha value is -0.810. The number of nitrogens with zero attached hydrogens (tertiary/aromatic N) is 1. The van der Waals surface area contributed by atoms with Gasteiger partial charge in [-0.1, -0.05) is 39.1 Å². The molecule has 0 saturated heterocycles. The van der Waals surface area contributed by atoms with E-state index in [1.807, 2.05) is 10.6 Å². The number of nitrogens with one attached hydrogen (secondary N) is 1. The van der Waals surface area contributed by atoms with E-state index >= 15 is 0 Å². The van der Waals surface area contributed by atoms with Gasteiger partial charge in [-0.3, -0.25) is 4.57 Å². The third-order valence-corrected chi connectivity index (χ3v) is 4.87. The van der Waals surface area contributed by atoms with Crippen molar-refractivity contribution in [3.63, 3.8) is 0 Å². The van der Waals surface area contributed by atoms with E-state index in [-0.39, 0.29) is 0 Å². The molecule has 0 atom stereocenters. The molecular formula is C15H11BrCl2N2S. The van der Waals surface area contributed by atoms with E-state index in [0.717, 1.165) is 32.3 Å². The van der Waals surface area contributed by atoms with Crippen molar-refractivity contribution >= 4 is 62.4 Å². The summed E-state index contributed by atoms with van der Waals surface area (Å²) in [5.41, 5.74) is 5.11. The molecule has 1 heterocycles. The minimum Gasteiger partial charge on any atom is -0.330 e. The third-order valence-electron chi connectivity index (χ3n) is 3.40. The lowest BCUT2D eigenvalue weighted by Crippen LogP contribution is -2.00. The maximum absolute atomic E-state index is 6.16. The highest BCUT2D eigenvalue weighted by Crippen LogP contribution is 2.32. The first kappa shape index (κ1) is 15.1. The summed E-state index contributed by atoms with van der Waals surface area (Å²) >= 11 is 21.2. The molecule has 0 saturated carbocycles. The quantitative estimate of drug-likeness (QED) is 0.469. The molecule has 6 heteroatoms. The van der Waals surface area contributed by atoms with Crippen LogP contribution in [-0.2, 0) is 0 Å². The highest BCUT2D eigenvalue weighted by atomic mass is 79.9. The van der Waals surface area contributed by atoms with Crippen molar-refractivity contribution in [1.29, 1.82) is 0 Å². The molecule has 2 aromatic carbocycles. The fraction of sp³-hybridized carbons (Fsp3) is 0.133. The van der Waals surface area contributed by atoms with Crippen LogP contribution in [0.4, 0.5) is 0 Å². The Morgan fingerprint density at radius 1 is 1.05 bits per heavy atom. The second-order valence-electron chi connectivity index (χ2n) is 4.94. The molecule has 0 amide bonds. The zero-order valence-corrected chi connectivity index (χ0v) is 15.2.